The summed E-state index contributed by atoms with van der Waals surface area (Å²) in [6.07, 6.45) is 1.54. The van der Waals surface area contributed by atoms with Crippen molar-refractivity contribution in [2.45, 2.75) is 25.6 Å². The smallest absolute Gasteiger partial charge is 0.335 e. The highest BCUT2D eigenvalue weighted by Gasteiger charge is 2.07. The van der Waals surface area contributed by atoms with Gasteiger partial charge in [0.15, 0.2) is 5.16 Å². The van der Waals surface area contributed by atoms with E-state index < -0.39 is 5.97 Å². The molecule has 0 atom stereocenters. The van der Waals surface area contributed by atoms with Crippen LogP contribution in [0.3, 0.4) is 0 Å². The zero-order valence-electron chi connectivity index (χ0n) is 17.9. The van der Waals surface area contributed by atoms with Crippen LogP contribution in [0.4, 0.5) is 0 Å². The number of nitrogens with zero attached hydrogens (tertiary/aromatic N) is 3. The van der Waals surface area contributed by atoms with Crippen LogP contribution in [0.5, 0.6) is 5.75 Å². The van der Waals surface area contributed by atoms with Crippen molar-refractivity contribution >= 4 is 45.8 Å². The van der Waals surface area contributed by atoms with Crippen molar-refractivity contribution in [2.75, 3.05) is 5.75 Å². The fourth-order valence-corrected chi connectivity index (χ4v) is 3.97. The van der Waals surface area contributed by atoms with E-state index in [-0.39, 0.29) is 17.2 Å². The molecule has 2 N–H and O–H groups in total. The number of carboxylic acid groups (broad SMARTS) is 1. The number of benzene rings is 2. The molecule has 33 heavy (non-hydrogen) atoms. The van der Waals surface area contributed by atoms with E-state index in [4.69, 9.17) is 9.84 Å². The maximum Gasteiger partial charge on any atom is 0.335 e. The minimum Gasteiger partial charge on any atom is -0.488 e. The van der Waals surface area contributed by atoms with Gasteiger partial charge in [0.25, 0.3) is 5.91 Å². The van der Waals surface area contributed by atoms with Crippen LogP contribution in [0.15, 0.2) is 63.3 Å². The number of aromatic nitrogens is 2. The topological polar surface area (TPSA) is 114 Å². The Hall–Kier alpha value is -3.24. The van der Waals surface area contributed by atoms with Gasteiger partial charge < -0.3 is 9.84 Å². The van der Waals surface area contributed by atoms with Crippen molar-refractivity contribution in [3.8, 4) is 5.75 Å². The number of hydrazone groups is 1. The standard InChI is InChI=1S/C23H21BrN4O4S/c1-14-9-15(2)27-23(26-14)33-13-21(29)28-25-11-17-5-8-20(19(24)10-17)32-12-16-3-6-18(7-4-16)22(30)31/h3-11H,12-13H2,1-2H3,(H,28,29)(H,30,31)/b25-11-. The second kappa shape index (κ2) is 11.6. The summed E-state index contributed by atoms with van der Waals surface area (Å²) in [5, 5.41) is 13.5. The number of thioether (sulfide) groups is 1. The summed E-state index contributed by atoms with van der Waals surface area (Å²) in [5.74, 6) is -0.437. The summed E-state index contributed by atoms with van der Waals surface area (Å²) in [4.78, 5) is 31.5. The summed E-state index contributed by atoms with van der Waals surface area (Å²) >= 11 is 4.72. The van der Waals surface area contributed by atoms with Gasteiger partial charge in [0.2, 0.25) is 0 Å². The Bertz CT molecular complexity index is 1170. The van der Waals surface area contributed by atoms with E-state index in [2.05, 4.69) is 36.4 Å². The SMILES string of the molecule is Cc1cc(C)nc(SCC(=O)N/N=C\c2ccc(OCc3ccc(C(=O)O)cc3)c(Br)c2)n1. The highest BCUT2D eigenvalue weighted by Crippen LogP contribution is 2.26. The summed E-state index contributed by atoms with van der Waals surface area (Å²) in [6.45, 7) is 4.07. The maximum absolute atomic E-state index is 12.0. The van der Waals surface area contributed by atoms with Crippen LogP contribution in [0.2, 0.25) is 0 Å². The molecule has 0 spiro atoms. The van der Waals surface area contributed by atoms with E-state index in [1.165, 1.54) is 30.1 Å². The molecule has 0 saturated heterocycles. The molecule has 170 valence electrons. The molecule has 2 aromatic carbocycles. The van der Waals surface area contributed by atoms with Crippen molar-refractivity contribution < 1.29 is 19.4 Å². The molecule has 10 heteroatoms. The number of ether oxygens (including phenoxy) is 1. The van der Waals surface area contributed by atoms with E-state index in [1.807, 2.05) is 26.0 Å². The molecule has 3 rings (SSSR count). The third-order valence-corrected chi connectivity index (χ3v) is 5.72. The number of carboxylic acids is 1. The first-order chi connectivity index (χ1) is 15.8. The first-order valence-corrected chi connectivity index (χ1v) is 11.6. The average molecular weight is 529 g/mol. The van der Waals surface area contributed by atoms with Crippen LogP contribution in [0.25, 0.3) is 0 Å². The Kier molecular flexibility index (Phi) is 8.56. The minimum absolute atomic E-state index is 0.157. The van der Waals surface area contributed by atoms with Crippen LogP contribution in [0, 0.1) is 13.8 Å². The van der Waals surface area contributed by atoms with E-state index >= 15 is 0 Å². The van der Waals surface area contributed by atoms with Gasteiger partial charge in [-0.1, -0.05) is 23.9 Å². The zero-order valence-corrected chi connectivity index (χ0v) is 20.3. The number of hydrogen-bond acceptors (Lipinski definition) is 7. The quantitative estimate of drug-likeness (QED) is 0.183. The number of rotatable bonds is 9. The fraction of sp³-hybridized carbons (Fsp3) is 0.174. The molecule has 0 aliphatic rings. The average Bonchev–Trinajstić information content (AvgIpc) is 2.77. The molecule has 3 aromatic rings. The predicted molar refractivity (Wildman–Crippen MR) is 130 cm³/mol. The number of carbonyl (C=O) groups is 2. The first kappa shape index (κ1) is 24.4. The summed E-state index contributed by atoms with van der Waals surface area (Å²) in [5.41, 5.74) is 6.06. The summed E-state index contributed by atoms with van der Waals surface area (Å²) in [7, 11) is 0. The number of amides is 1. The van der Waals surface area contributed by atoms with Gasteiger partial charge in [-0.05, 0) is 77.3 Å². The van der Waals surface area contributed by atoms with E-state index in [9.17, 15) is 9.59 Å². The molecule has 8 nitrogen and oxygen atoms in total. The lowest BCUT2D eigenvalue weighted by Crippen LogP contribution is -2.19. The lowest BCUT2D eigenvalue weighted by Gasteiger charge is -2.09. The van der Waals surface area contributed by atoms with Crippen LogP contribution in [-0.4, -0.2) is 38.9 Å². The Balaban J connectivity index is 1.48. The Morgan fingerprint density at radius 2 is 1.82 bits per heavy atom. The molecular formula is C23H21BrN4O4S. The van der Waals surface area contributed by atoms with Gasteiger partial charge in [0, 0.05) is 11.4 Å². The number of aromatic carboxylic acids is 1. The molecular weight excluding hydrogens is 508 g/mol. The zero-order chi connectivity index (χ0) is 23.8. The predicted octanol–water partition coefficient (Wildman–Crippen LogP) is 4.38. The number of halogens is 1. The lowest BCUT2D eigenvalue weighted by molar-refractivity contribution is -0.118. The van der Waals surface area contributed by atoms with Crippen LogP contribution < -0.4 is 10.2 Å². The third-order valence-electron chi connectivity index (χ3n) is 4.25. The van der Waals surface area contributed by atoms with E-state index in [1.54, 1.807) is 24.3 Å². The molecule has 1 aromatic heterocycles. The highest BCUT2D eigenvalue weighted by atomic mass is 79.9. The monoisotopic (exact) mass is 528 g/mol. The normalized spacial score (nSPS) is 10.9. The van der Waals surface area contributed by atoms with Gasteiger partial charge >= 0.3 is 5.97 Å². The Morgan fingerprint density at radius 3 is 2.45 bits per heavy atom. The maximum atomic E-state index is 12.0. The molecule has 0 unspecified atom stereocenters. The largest absolute Gasteiger partial charge is 0.488 e. The van der Waals surface area contributed by atoms with E-state index in [0.717, 1.165) is 27.0 Å². The molecule has 0 saturated carbocycles. The Labute approximate surface area is 203 Å². The molecule has 0 bridgehead atoms. The van der Waals surface area contributed by atoms with Gasteiger partial charge in [0.1, 0.15) is 12.4 Å². The van der Waals surface area contributed by atoms with Crippen molar-refractivity contribution in [2.24, 2.45) is 5.10 Å². The van der Waals surface area contributed by atoms with Gasteiger partial charge in [-0.3, -0.25) is 4.79 Å². The van der Waals surface area contributed by atoms with Crippen LogP contribution in [0.1, 0.15) is 32.9 Å². The third kappa shape index (κ3) is 7.69. The molecule has 1 heterocycles. The van der Waals surface area contributed by atoms with Gasteiger partial charge in [-0.15, -0.1) is 0 Å². The van der Waals surface area contributed by atoms with Crippen molar-refractivity contribution in [1.29, 1.82) is 0 Å². The van der Waals surface area contributed by atoms with Gasteiger partial charge in [-0.2, -0.15) is 5.10 Å². The van der Waals surface area contributed by atoms with Crippen LogP contribution >= 0.6 is 27.7 Å². The fourth-order valence-electron chi connectivity index (χ4n) is 2.72. The second-order valence-corrected chi connectivity index (χ2v) is 8.79. The molecule has 0 fully saturated rings. The molecule has 0 aliphatic heterocycles. The van der Waals surface area contributed by atoms with Crippen LogP contribution in [-0.2, 0) is 11.4 Å². The molecule has 0 radical (unpaired) electrons. The molecule has 0 aliphatic carbocycles. The highest BCUT2D eigenvalue weighted by molar-refractivity contribution is 9.10. The van der Waals surface area contributed by atoms with Crippen molar-refractivity contribution in [1.82, 2.24) is 15.4 Å². The second-order valence-electron chi connectivity index (χ2n) is 7.00. The van der Waals surface area contributed by atoms with E-state index in [0.29, 0.717) is 17.5 Å². The van der Waals surface area contributed by atoms with Crippen molar-refractivity contribution in [3.05, 3.63) is 81.1 Å². The molecule has 1 amide bonds. The number of nitrogens with one attached hydrogen (secondary N) is 1. The number of hydrogen-bond donors (Lipinski definition) is 2. The Morgan fingerprint density at radius 1 is 1.12 bits per heavy atom. The number of aryl methyl sites for hydroxylation is 2. The lowest BCUT2D eigenvalue weighted by atomic mass is 10.1. The first-order valence-electron chi connectivity index (χ1n) is 9.82. The minimum atomic E-state index is -0.965. The van der Waals surface area contributed by atoms with Crippen molar-refractivity contribution in [3.63, 3.8) is 0 Å². The van der Waals surface area contributed by atoms with Gasteiger partial charge in [-0.25, -0.2) is 20.2 Å². The summed E-state index contributed by atoms with van der Waals surface area (Å²) in [6, 6.07) is 13.8. The summed E-state index contributed by atoms with van der Waals surface area (Å²) < 4.78 is 6.51. The van der Waals surface area contributed by atoms with Gasteiger partial charge in [0.05, 0.1) is 22.0 Å². The number of carbonyl (C=O) groups excluding carboxylic acids is 1.